The molecule has 1 atom stereocenters. The molecular weight excluding hydrogens is 480 g/mol. The van der Waals surface area contributed by atoms with Gasteiger partial charge in [0.2, 0.25) is 11.8 Å². The number of anilines is 1. The Kier molecular flexibility index (Phi) is 8.31. The highest BCUT2D eigenvalue weighted by molar-refractivity contribution is 5.97. The zero-order valence-corrected chi connectivity index (χ0v) is 21.9. The fourth-order valence-electron chi connectivity index (χ4n) is 4.97. The number of carbonyl (C=O) groups excluding carboxylic acids is 2. The molecule has 8 heteroatoms. The van der Waals surface area contributed by atoms with Gasteiger partial charge in [-0.2, -0.15) is 0 Å². The van der Waals surface area contributed by atoms with Crippen molar-refractivity contribution >= 4 is 29.3 Å². The zero-order valence-electron chi connectivity index (χ0n) is 21.9. The lowest BCUT2D eigenvalue weighted by Crippen LogP contribution is -2.45. The number of benzene rings is 2. The third kappa shape index (κ3) is 5.80. The quantitative estimate of drug-likeness (QED) is 0.230. The second-order valence-corrected chi connectivity index (χ2v) is 9.81. The molecule has 0 spiro atoms. The van der Waals surface area contributed by atoms with Crippen LogP contribution < -0.4 is 4.90 Å². The van der Waals surface area contributed by atoms with E-state index >= 15 is 0 Å². The smallest absolute Gasteiger partial charge is 0.277 e. The number of nitrogens with zero attached hydrogens (tertiary/aromatic N) is 4. The molecule has 2 aromatic carbocycles. The first kappa shape index (κ1) is 26.7. The van der Waals surface area contributed by atoms with Crippen LogP contribution in [0.15, 0.2) is 73.1 Å². The van der Waals surface area contributed by atoms with E-state index in [0.717, 1.165) is 17.5 Å². The number of rotatable bonds is 7. The van der Waals surface area contributed by atoms with Gasteiger partial charge >= 0.3 is 0 Å². The van der Waals surface area contributed by atoms with Gasteiger partial charge in [0.25, 0.3) is 5.69 Å². The van der Waals surface area contributed by atoms with Gasteiger partial charge in [-0.15, -0.1) is 0 Å². The van der Waals surface area contributed by atoms with Gasteiger partial charge in [-0.05, 0) is 53.7 Å². The summed E-state index contributed by atoms with van der Waals surface area (Å²) in [5, 5.41) is 11.9. The first-order valence-corrected chi connectivity index (χ1v) is 12.8. The first-order valence-electron chi connectivity index (χ1n) is 12.8. The number of pyridine rings is 1. The van der Waals surface area contributed by atoms with Crippen molar-refractivity contribution in [2.75, 3.05) is 25.0 Å². The Balaban J connectivity index is 1.57. The zero-order chi connectivity index (χ0) is 27.2. The van der Waals surface area contributed by atoms with Gasteiger partial charge in [0.05, 0.1) is 28.3 Å². The van der Waals surface area contributed by atoms with Gasteiger partial charge in [-0.1, -0.05) is 50.2 Å². The summed E-state index contributed by atoms with van der Waals surface area (Å²) in [6.45, 7) is 4.98. The molecule has 0 radical (unpaired) electrons. The van der Waals surface area contributed by atoms with E-state index in [4.69, 9.17) is 0 Å². The van der Waals surface area contributed by atoms with E-state index in [1.165, 1.54) is 12.1 Å². The molecular formula is C30H32N4O4. The second-order valence-electron chi connectivity index (χ2n) is 9.81. The number of likely N-dealkylation sites (tertiary alicyclic amines) is 1. The minimum Gasteiger partial charge on any atom is -0.338 e. The van der Waals surface area contributed by atoms with Crippen LogP contribution in [0.5, 0.6) is 0 Å². The van der Waals surface area contributed by atoms with Crippen LogP contribution in [0.4, 0.5) is 11.4 Å². The largest absolute Gasteiger partial charge is 0.338 e. The van der Waals surface area contributed by atoms with Gasteiger partial charge in [0, 0.05) is 38.5 Å². The van der Waals surface area contributed by atoms with Gasteiger partial charge < -0.3 is 9.80 Å². The minimum atomic E-state index is -0.384. The Morgan fingerprint density at radius 3 is 2.63 bits per heavy atom. The maximum absolute atomic E-state index is 13.2. The van der Waals surface area contributed by atoms with Crippen molar-refractivity contribution in [3.63, 3.8) is 0 Å². The molecule has 1 fully saturated rings. The van der Waals surface area contributed by atoms with Crippen LogP contribution >= 0.6 is 0 Å². The summed E-state index contributed by atoms with van der Waals surface area (Å²) < 4.78 is 0. The lowest BCUT2D eigenvalue weighted by Gasteiger charge is -2.33. The number of piperidine rings is 1. The Morgan fingerprint density at radius 1 is 1.13 bits per heavy atom. The summed E-state index contributed by atoms with van der Waals surface area (Å²) in [5.74, 6) is -0.415. The third-order valence-corrected chi connectivity index (χ3v) is 6.98. The standard InChI is InChI=1S/C30H32N4O4/c1-21(2)25-12-4-5-13-26(25)29-22(9-6-14-27(29)34(37)38)15-16-28(35)33-18-8-10-23(20-33)30(36)32(3)24-11-7-17-31-19-24/h4-7,9,11-17,19,21,23H,8,10,18,20H2,1-3H3/b16-15+. The molecule has 0 bridgehead atoms. The molecule has 0 N–H and O–H groups in total. The van der Waals surface area contributed by atoms with Crippen LogP contribution in [0.2, 0.25) is 0 Å². The van der Waals surface area contributed by atoms with Gasteiger partial charge in [-0.3, -0.25) is 24.7 Å². The summed E-state index contributed by atoms with van der Waals surface area (Å²) in [6, 6.07) is 16.2. The molecule has 38 heavy (non-hydrogen) atoms. The van der Waals surface area contributed by atoms with E-state index in [9.17, 15) is 19.7 Å². The number of nitro benzene ring substituents is 1. The van der Waals surface area contributed by atoms with Crippen molar-refractivity contribution in [1.82, 2.24) is 9.88 Å². The maximum Gasteiger partial charge on any atom is 0.277 e. The normalized spacial score (nSPS) is 15.6. The molecule has 4 rings (SSSR count). The number of carbonyl (C=O) groups is 2. The van der Waals surface area contributed by atoms with Crippen molar-refractivity contribution in [2.45, 2.75) is 32.6 Å². The molecule has 2 heterocycles. The topological polar surface area (TPSA) is 96.7 Å². The first-order chi connectivity index (χ1) is 18.3. The van der Waals surface area contributed by atoms with Crippen LogP contribution in [0.1, 0.15) is 43.7 Å². The average molecular weight is 513 g/mol. The molecule has 196 valence electrons. The molecule has 1 aliphatic rings. The van der Waals surface area contributed by atoms with E-state index in [1.54, 1.807) is 53.5 Å². The summed E-state index contributed by atoms with van der Waals surface area (Å²) >= 11 is 0. The predicted octanol–water partition coefficient (Wildman–Crippen LogP) is 5.70. The summed E-state index contributed by atoms with van der Waals surface area (Å²) in [7, 11) is 1.72. The van der Waals surface area contributed by atoms with Crippen molar-refractivity contribution in [3.05, 3.63) is 94.3 Å². The molecule has 1 aromatic heterocycles. The SMILES string of the molecule is CC(C)c1ccccc1-c1c(/C=C/C(=O)N2CCCC(C(=O)N(C)c3cccnc3)C2)cccc1[N+](=O)[O-]. The van der Waals surface area contributed by atoms with E-state index in [0.29, 0.717) is 36.3 Å². The van der Waals surface area contributed by atoms with Gasteiger partial charge in [0.15, 0.2) is 0 Å². The summed E-state index contributed by atoms with van der Waals surface area (Å²) in [4.78, 5) is 45.2. The monoisotopic (exact) mass is 512 g/mol. The van der Waals surface area contributed by atoms with Crippen LogP contribution in [0.25, 0.3) is 17.2 Å². The van der Waals surface area contributed by atoms with Crippen LogP contribution in [-0.2, 0) is 9.59 Å². The van der Waals surface area contributed by atoms with E-state index in [1.807, 2.05) is 44.2 Å². The van der Waals surface area contributed by atoms with Crippen molar-refractivity contribution in [2.24, 2.45) is 5.92 Å². The highest BCUT2D eigenvalue weighted by Gasteiger charge is 2.30. The maximum atomic E-state index is 13.2. The fourth-order valence-corrected chi connectivity index (χ4v) is 4.97. The number of amides is 2. The predicted molar refractivity (Wildman–Crippen MR) is 149 cm³/mol. The van der Waals surface area contributed by atoms with Crippen LogP contribution in [0.3, 0.4) is 0 Å². The van der Waals surface area contributed by atoms with Crippen LogP contribution in [0, 0.1) is 16.0 Å². The minimum absolute atomic E-state index is 0.00484. The molecule has 0 aliphatic carbocycles. The lowest BCUT2D eigenvalue weighted by molar-refractivity contribution is -0.384. The molecule has 1 aliphatic heterocycles. The molecule has 1 unspecified atom stereocenters. The molecule has 1 saturated heterocycles. The fraction of sp³-hybridized carbons (Fsp3) is 0.300. The Bertz CT molecular complexity index is 1350. The Labute approximate surface area is 222 Å². The molecule has 8 nitrogen and oxygen atoms in total. The number of hydrogen-bond acceptors (Lipinski definition) is 5. The van der Waals surface area contributed by atoms with E-state index < -0.39 is 0 Å². The highest BCUT2D eigenvalue weighted by Crippen LogP contribution is 2.38. The van der Waals surface area contributed by atoms with Crippen molar-refractivity contribution in [1.29, 1.82) is 0 Å². The summed E-state index contributed by atoms with van der Waals surface area (Å²) in [6.07, 6.45) is 7.83. The van der Waals surface area contributed by atoms with Crippen molar-refractivity contribution in [3.8, 4) is 11.1 Å². The molecule has 3 aromatic rings. The number of hydrogen-bond donors (Lipinski definition) is 0. The average Bonchev–Trinajstić information content (AvgIpc) is 2.95. The number of nitro groups is 1. The van der Waals surface area contributed by atoms with Crippen molar-refractivity contribution < 1.29 is 14.5 Å². The Morgan fingerprint density at radius 2 is 1.92 bits per heavy atom. The molecule has 0 saturated carbocycles. The second kappa shape index (κ2) is 11.8. The van der Waals surface area contributed by atoms with E-state index in [-0.39, 0.29) is 34.3 Å². The lowest BCUT2D eigenvalue weighted by atomic mass is 9.89. The van der Waals surface area contributed by atoms with Crippen LogP contribution in [-0.4, -0.2) is 46.8 Å². The van der Waals surface area contributed by atoms with Gasteiger partial charge in [0.1, 0.15) is 0 Å². The third-order valence-electron chi connectivity index (χ3n) is 6.98. The number of aromatic nitrogens is 1. The Hall–Kier alpha value is -4.33. The highest BCUT2D eigenvalue weighted by atomic mass is 16.6. The van der Waals surface area contributed by atoms with Gasteiger partial charge in [-0.25, -0.2) is 0 Å². The summed E-state index contributed by atoms with van der Waals surface area (Å²) in [5.41, 5.74) is 3.58. The molecule has 2 amide bonds. The van der Waals surface area contributed by atoms with E-state index in [2.05, 4.69) is 4.98 Å².